The smallest absolute Gasteiger partial charge is 0.255 e. The van der Waals surface area contributed by atoms with E-state index in [1.165, 1.54) is 0 Å². The molecule has 2 heterocycles. The molecule has 1 aromatic rings. The highest BCUT2D eigenvalue weighted by Gasteiger charge is 2.23. The maximum Gasteiger partial charge on any atom is 0.255 e. The van der Waals surface area contributed by atoms with Gasteiger partial charge in [0.2, 0.25) is 6.79 Å². The summed E-state index contributed by atoms with van der Waals surface area (Å²) >= 11 is 0. The van der Waals surface area contributed by atoms with Gasteiger partial charge in [-0.2, -0.15) is 0 Å². The fourth-order valence-corrected chi connectivity index (χ4v) is 2.63. The predicted octanol–water partition coefficient (Wildman–Crippen LogP) is 1.10. The van der Waals surface area contributed by atoms with E-state index in [4.69, 9.17) is 9.47 Å². The minimum absolute atomic E-state index is 0.0862. The van der Waals surface area contributed by atoms with Gasteiger partial charge in [-0.25, -0.2) is 0 Å². The van der Waals surface area contributed by atoms with Crippen LogP contribution in [0.25, 0.3) is 0 Å². The van der Waals surface area contributed by atoms with E-state index in [0.717, 1.165) is 19.5 Å². The number of nitrogens with one attached hydrogen (secondary N) is 1. The van der Waals surface area contributed by atoms with Crippen LogP contribution in [-0.4, -0.2) is 44.3 Å². The molecule has 1 fully saturated rings. The highest BCUT2D eigenvalue weighted by atomic mass is 16.7. The lowest BCUT2D eigenvalue weighted by Crippen LogP contribution is -2.30. The minimum Gasteiger partial charge on any atom is -0.454 e. The third-order valence-corrected chi connectivity index (χ3v) is 3.68. The van der Waals surface area contributed by atoms with E-state index in [2.05, 4.69) is 17.3 Å². The Bertz CT molecular complexity index is 490. The lowest BCUT2D eigenvalue weighted by molar-refractivity contribution is 0.0943. The topological polar surface area (TPSA) is 50.8 Å². The molecule has 0 spiro atoms. The van der Waals surface area contributed by atoms with Crippen molar-refractivity contribution in [1.82, 2.24) is 10.2 Å². The van der Waals surface area contributed by atoms with Crippen molar-refractivity contribution in [2.24, 2.45) is 5.92 Å². The average molecular weight is 262 g/mol. The summed E-state index contributed by atoms with van der Waals surface area (Å²) in [7, 11) is 2.11. The number of hydrogen-bond acceptors (Lipinski definition) is 4. The fraction of sp³-hybridized carbons (Fsp3) is 0.500. The van der Waals surface area contributed by atoms with Crippen molar-refractivity contribution >= 4 is 5.91 Å². The zero-order chi connectivity index (χ0) is 13.2. The second kappa shape index (κ2) is 5.09. The van der Waals surface area contributed by atoms with Crippen molar-refractivity contribution in [3.8, 4) is 11.5 Å². The second-order valence-electron chi connectivity index (χ2n) is 5.17. The molecular weight excluding hydrogens is 244 g/mol. The molecule has 0 aromatic heterocycles. The van der Waals surface area contributed by atoms with E-state index in [1.807, 2.05) is 12.1 Å². The summed E-state index contributed by atoms with van der Waals surface area (Å²) in [5, 5.41) is 2.99. The number of hydrogen-bond donors (Lipinski definition) is 1. The molecule has 0 saturated carbocycles. The lowest BCUT2D eigenvalue weighted by Gasteiger charge is -2.12. The number of nitrogens with zero attached hydrogens (tertiary/aromatic N) is 1. The molecule has 1 unspecified atom stereocenters. The van der Waals surface area contributed by atoms with Gasteiger partial charge < -0.3 is 19.7 Å². The van der Waals surface area contributed by atoms with Crippen molar-refractivity contribution in [2.75, 3.05) is 33.5 Å². The standard InChI is InChI=1S/C14H18N2O3/c1-16-6-5-10(8-16)7-15-14(17)11-3-2-4-12-13(11)19-9-18-12/h2-4,10H,5-9H2,1H3,(H,15,17). The van der Waals surface area contributed by atoms with Crippen LogP contribution < -0.4 is 14.8 Å². The maximum absolute atomic E-state index is 12.2. The zero-order valence-electron chi connectivity index (χ0n) is 11.0. The van der Waals surface area contributed by atoms with Crippen molar-refractivity contribution in [3.63, 3.8) is 0 Å². The summed E-state index contributed by atoms with van der Waals surface area (Å²) in [6.45, 7) is 3.06. The van der Waals surface area contributed by atoms with Crippen LogP contribution in [0, 0.1) is 5.92 Å². The Labute approximate surface area is 112 Å². The maximum atomic E-state index is 12.2. The SMILES string of the molecule is CN1CCC(CNC(=O)c2cccc3c2OCO3)C1. The quantitative estimate of drug-likeness (QED) is 0.886. The number of likely N-dealkylation sites (tertiary alicyclic amines) is 1. The molecule has 1 amide bonds. The van der Waals surface area contributed by atoms with Gasteiger partial charge in [0.25, 0.3) is 5.91 Å². The highest BCUT2D eigenvalue weighted by molar-refractivity contribution is 5.97. The molecule has 1 atom stereocenters. The molecule has 19 heavy (non-hydrogen) atoms. The first-order valence-electron chi connectivity index (χ1n) is 6.59. The van der Waals surface area contributed by atoms with E-state index in [-0.39, 0.29) is 12.7 Å². The predicted molar refractivity (Wildman–Crippen MR) is 70.5 cm³/mol. The van der Waals surface area contributed by atoms with Gasteiger partial charge in [-0.1, -0.05) is 6.07 Å². The number of fused-ring (bicyclic) bond motifs is 1. The number of para-hydroxylation sites is 1. The number of ether oxygens (including phenoxy) is 2. The summed E-state index contributed by atoms with van der Waals surface area (Å²) in [4.78, 5) is 14.5. The Morgan fingerprint density at radius 2 is 2.37 bits per heavy atom. The van der Waals surface area contributed by atoms with E-state index >= 15 is 0 Å². The van der Waals surface area contributed by atoms with Crippen LogP contribution in [0.2, 0.25) is 0 Å². The highest BCUT2D eigenvalue weighted by Crippen LogP contribution is 2.35. The molecule has 2 aliphatic rings. The van der Waals surface area contributed by atoms with Crippen molar-refractivity contribution in [2.45, 2.75) is 6.42 Å². The van der Waals surface area contributed by atoms with Gasteiger partial charge in [-0.15, -0.1) is 0 Å². The minimum atomic E-state index is -0.0862. The van der Waals surface area contributed by atoms with Crippen molar-refractivity contribution < 1.29 is 14.3 Å². The van der Waals surface area contributed by atoms with Crippen molar-refractivity contribution in [1.29, 1.82) is 0 Å². The van der Waals surface area contributed by atoms with Gasteiger partial charge in [0.1, 0.15) is 0 Å². The molecule has 1 saturated heterocycles. The largest absolute Gasteiger partial charge is 0.454 e. The monoisotopic (exact) mass is 262 g/mol. The van der Waals surface area contributed by atoms with Gasteiger partial charge in [-0.05, 0) is 38.1 Å². The molecule has 0 bridgehead atoms. The van der Waals surface area contributed by atoms with Crippen LogP contribution in [0.3, 0.4) is 0 Å². The summed E-state index contributed by atoms with van der Waals surface area (Å²) in [6, 6.07) is 5.39. The summed E-state index contributed by atoms with van der Waals surface area (Å²) in [5.74, 6) is 1.66. The van der Waals surface area contributed by atoms with Gasteiger partial charge in [0.05, 0.1) is 5.56 Å². The van der Waals surface area contributed by atoms with Gasteiger partial charge in [-0.3, -0.25) is 4.79 Å². The molecule has 3 rings (SSSR count). The Balaban J connectivity index is 1.63. The first kappa shape index (κ1) is 12.3. The third kappa shape index (κ3) is 2.51. The Morgan fingerprint density at radius 1 is 1.47 bits per heavy atom. The number of carbonyl (C=O) groups is 1. The molecule has 102 valence electrons. The second-order valence-corrected chi connectivity index (χ2v) is 5.17. The normalized spacial score (nSPS) is 21.6. The third-order valence-electron chi connectivity index (χ3n) is 3.68. The summed E-state index contributed by atoms with van der Waals surface area (Å²) in [5.41, 5.74) is 0.557. The van der Waals surface area contributed by atoms with Crippen LogP contribution in [0.4, 0.5) is 0 Å². The Hall–Kier alpha value is -1.75. The summed E-state index contributed by atoms with van der Waals surface area (Å²) in [6.07, 6.45) is 1.14. The average Bonchev–Trinajstić information content (AvgIpc) is 3.03. The van der Waals surface area contributed by atoms with Gasteiger partial charge >= 0.3 is 0 Å². The van der Waals surface area contributed by atoms with Crippen LogP contribution in [0.5, 0.6) is 11.5 Å². The van der Waals surface area contributed by atoms with Gasteiger partial charge in [0.15, 0.2) is 11.5 Å². The van der Waals surface area contributed by atoms with Crippen LogP contribution in [-0.2, 0) is 0 Å². The van der Waals surface area contributed by atoms with E-state index in [9.17, 15) is 4.79 Å². The van der Waals surface area contributed by atoms with Crippen LogP contribution in [0.1, 0.15) is 16.8 Å². The molecule has 2 aliphatic heterocycles. The molecule has 0 radical (unpaired) electrons. The Kier molecular flexibility index (Phi) is 3.29. The molecule has 1 N–H and O–H groups in total. The van der Waals surface area contributed by atoms with Gasteiger partial charge in [0, 0.05) is 13.1 Å². The lowest BCUT2D eigenvalue weighted by atomic mass is 10.1. The summed E-state index contributed by atoms with van der Waals surface area (Å²) < 4.78 is 10.6. The first-order valence-corrected chi connectivity index (χ1v) is 6.59. The number of rotatable bonds is 3. The molecule has 0 aliphatic carbocycles. The first-order chi connectivity index (χ1) is 9.24. The van der Waals surface area contributed by atoms with E-state index < -0.39 is 0 Å². The zero-order valence-corrected chi connectivity index (χ0v) is 11.0. The Morgan fingerprint density at radius 3 is 3.16 bits per heavy atom. The molecule has 5 nitrogen and oxygen atoms in total. The fourth-order valence-electron chi connectivity index (χ4n) is 2.63. The molecule has 5 heteroatoms. The number of amides is 1. The molecular formula is C14H18N2O3. The van der Waals surface area contributed by atoms with Crippen LogP contribution >= 0.6 is 0 Å². The van der Waals surface area contributed by atoms with E-state index in [0.29, 0.717) is 29.5 Å². The molecule has 1 aromatic carbocycles. The van der Waals surface area contributed by atoms with Crippen LogP contribution in [0.15, 0.2) is 18.2 Å². The van der Waals surface area contributed by atoms with Crippen molar-refractivity contribution in [3.05, 3.63) is 23.8 Å². The van der Waals surface area contributed by atoms with E-state index in [1.54, 1.807) is 6.07 Å². The number of carbonyl (C=O) groups excluding carboxylic acids is 1. The number of benzene rings is 1.